The number of nitrogens with zero attached hydrogens (tertiary/aromatic N) is 2. The van der Waals surface area contributed by atoms with Gasteiger partial charge in [-0.05, 0) is 94.3 Å². The zero-order chi connectivity index (χ0) is 37.6. The van der Waals surface area contributed by atoms with E-state index in [9.17, 15) is 0 Å². The van der Waals surface area contributed by atoms with E-state index in [0.717, 1.165) is 59.6 Å². The number of benzene rings is 3. The van der Waals surface area contributed by atoms with Crippen molar-refractivity contribution >= 4 is 30.1 Å². The Labute approximate surface area is 323 Å². The highest BCUT2D eigenvalue weighted by Gasteiger charge is 2.37. The summed E-state index contributed by atoms with van der Waals surface area (Å²) in [7, 11) is 6.25. The van der Waals surface area contributed by atoms with Crippen LogP contribution in [-0.2, 0) is 19.4 Å². The van der Waals surface area contributed by atoms with Gasteiger partial charge < -0.3 is 23.3 Å². The minimum Gasteiger partial charge on any atom is -0.497 e. The predicted molar refractivity (Wildman–Crippen MR) is 221 cm³/mol. The Balaban J connectivity index is 1.41. The van der Waals surface area contributed by atoms with Gasteiger partial charge in [-0.3, -0.25) is 0 Å². The predicted octanol–water partition coefficient (Wildman–Crippen LogP) is 11.8. The third kappa shape index (κ3) is 14.2. The maximum Gasteiger partial charge on any atom is 0.259 e. The molecule has 0 amide bonds. The molecule has 3 aromatic carbocycles. The molecule has 0 aliphatic carbocycles. The van der Waals surface area contributed by atoms with E-state index in [4.69, 9.17) is 28.5 Å². The quantitative estimate of drug-likeness (QED) is 0.0326. The third-order valence-corrected chi connectivity index (χ3v) is 13.9. The fourth-order valence-corrected chi connectivity index (χ4v) is 10.3. The van der Waals surface area contributed by atoms with Gasteiger partial charge in [0, 0.05) is 29.7 Å². The minimum atomic E-state index is -1.15. The number of hydrogen-bond donors (Lipinski definition) is 0. The van der Waals surface area contributed by atoms with E-state index < -0.39 is 14.1 Å². The lowest BCUT2D eigenvalue weighted by Crippen LogP contribution is -2.33. The second kappa shape index (κ2) is 24.9. The zero-order valence-corrected chi connectivity index (χ0v) is 34.9. The first-order valence-corrected chi connectivity index (χ1v) is 22.3. The van der Waals surface area contributed by atoms with Crippen molar-refractivity contribution in [3.63, 3.8) is 0 Å². The molecule has 0 fully saturated rings. The van der Waals surface area contributed by atoms with E-state index in [1.165, 1.54) is 19.3 Å². The number of ether oxygens (including phenoxy) is 3. The van der Waals surface area contributed by atoms with Crippen molar-refractivity contribution in [3.05, 3.63) is 95.6 Å². The van der Waals surface area contributed by atoms with Crippen LogP contribution >= 0.6 is 30.1 Å². The lowest BCUT2D eigenvalue weighted by atomic mass is 9.80. The van der Waals surface area contributed by atoms with Crippen LogP contribution in [0.4, 0.5) is 0 Å². The summed E-state index contributed by atoms with van der Waals surface area (Å²) >= 11 is 0. The van der Waals surface area contributed by atoms with Gasteiger partial charge in [-0.1, -0.05) is 102 Å². The third-order valence-electron chi connectivity index (χ3n) is 8.72. The molecule has 0 radical (unpaired) electrons. The molecule has 2 atom stereocenters. The van der Waals surface area contributed by atoms with Gasteiger partial charge in [0.25, 0.3) is 8.53 Å². The first-order valence-electron chi connectivity index (χ1n) is 18.7. The van der Waals surface area contributed by atoms with Crippen molar-refractivity contribution in [2.45, 2.75) is 109 Å². The second-order valence-electron chi connectivity index (χ2n) is 13.4. The lowest BCUT2D eigenvalue weighted by molar-refractivity contribution is 0.0106. The van der Waals surface area contributed by atoms with Crippen LogP contribution in [0.5, 0.6) is 11.5 Å². The van der Waals surface area contributed by atoms with Gasteiger partial charge >= 0.3 is 0 Å². The van der Waals surface area contributed by atoms with Gasteiger partial charge in [0.15, 0.2) is 0 Å². The summed E-state index contributed by atoms with van der Waals surface area (Å²) in [6.45, 7) is 12.8. The number of nitriles is 1. The monoisotopic (exact) mass is 768 g/mol. The molecule has 0 saturated heterocycles. The van der Waals surface area contributed by atoms with E-state index in [1.807, 2.05) is 51.9 Å². The van der Waals surface area contributed by atoms with Gasteiger partial charge in [-0.25, -0.2) is 4.67 Å². The summed E-state index contributed by atoms with van der Waals surface area (Å²) in [5.74, 6) is 2.80. The average molecular weight is 769 g/mol. The van der Waals surface area contributed by atoms with Gasteiger partial charge in [0.2, 0.25) is 0 Å². The van der Waals surface area contributed by atoms with Crippen molar-refractivity contribution in [2.75, 3.05) is 39.8 Å². The molecule has 52 heavy (non-hydrogen) atoms. The van der Waals surface area contributed by atoms with Gasteiger partial charge in [0.1, 0.15) is 17.1 Å². The first kappa shape index (κ1) is 44.1. The van der Waals surface area contributed by atoms with Crippen LogP contribution in [-0.4, -0.2) is 61.8 Å². The largest absolute Gasteiger partial charge is 0.497 e. The Morgan fingerprint density at radius 3 is 1.77 bits per heavy atom. The van der Waals surface area contributed by atoms with Crippen LogP contribution in [0.3, 0.4) is 0 Å². The number of methoxy groups -OCH3 is 2. The van der Waals surface area contributed by atoms with E-state index in [0.29, 0.717) is 43.6 Å². The molecular formula is C42H61N2O5PS2. The van der Waals surface area contributed by atoms with E-state index in [-0.39, 0.29) is 0 Å². The maximum absolute atomic E-state index is 8.93. The van der Waals surface area contributed by atoms with Crippen molar-refractivity contribution in [1.82, 2.24) is 4.67 Å². The van der Waals surface area contributed by atoms with E-state index in [1.54, 1.807) is 14.2 Å². The minimum absolute atomic E-state index is 0.323. The molecular weight excluding hydrogens is 708 g/mol. The summed E-state index contributed by atoms with van der Waals surface area (Å²) in [5.41, 5.74) is 2.46. The lowest BCUT2D eigenvalue weighted by Gasteiger charge is -2.36. The van der Waals surface area contributed by atoms with Crippen molar-refractivity contribution < 1.29 is 23.3 Å². The molecule has 0 heterocycles. The highest BCUT2D eigenvalue weighted by molar-refractivity contribution is 8.76. The molecule has 0 saturated carbocycles. The number of unbranched alkanes of at least 4 members (excludes halogenated alkanes) is 4. The molecule has 3 rings (SSSR count). The molecule has 7 nitrogen and oxygen atoms in total. The Hall–Kier alpha value is -2.28. The summed E-state index contributed by atoms with van der Waals surface area (Å²) < 4.78 is 32.5. The van der Waals surface area contributed by atoms with Crippen LogP contribution < -0.4 is 9.47 Å². The standard InChI is InChI=1S/C42H61N2O5PS2/c1-34(2)44(35(3)4)50(49-32-17-29-43)48-31-15-13-18-36(5)52-51-33-16-9-8-14-30-47-42(37-19-11-10-12-20-37,38-21-25-40(45-6)26-22-38)39-23-27-41(46-7)28-24-39/h10-12,19-28,34-36H,8-9,13-18,30-33H2,1-7H3. The fraction of sp³-hybridized carbons (Fsp3) is 0.548. The Morgan fingerprint density at radius 1 is 0.673 bits per heavy atom. The highest BCUT2D eigenvalue weighted by Crippen LogP contribution is 2.46. The van der Waals surface area contributed by atoms with Crippen LogP contribution in [0.1, 0.15) is 103 Å². The fourth-order valence-electron chi connectivity index (χ4n) is 6.12. The van der Waals surface area contributed by atoms with E-state index >= 15 is 0 Å². The van der Waals surface area contributed by atoms with Gasteiger partial charge in [0.05, 0.1) is 39.9 Å². The van der Waals surface area contributed by atoms with Gasteiger partial charge in [-0.2, -0.15) is 5.26 Å². The Bertz CT molecular complexity index is 1350. The molecule has 286 valence electrons. The molecule has 2 unspecified atom stereocenters. The number of rotatable bonds is 27. The summed E-state index contributed by atoms with van der Waals surface area (Å²) in [4.78, 5) is 0. The molecule has 3 aromatic rings. The molecule has 0 spiro atoms. The summed E-state index contributed by atoms with van der Waals surface area (Å²) in [6.07, 6.45) is 8.24. The Kier molecular flexibility index (Phi) is 21.1. The normalized spacial score (nSPS) is 13.0. The molecule has 10 heteroatoms. The molecule has 0 N–H and O–H groups in total. The zero-order valence-electron chi connectivity index (χ0n) is 32.4. The van der Waals surface area contributed by atoms with Crippen molar-refractivity contribution in [3.8, 4) is 17.6 Å². The Morgan fingerprint density at radius 2 is 1.21 bits per heavy atom. The van der Waals surface area contributed by atoms with E-state index in [2.05, 4.69) is 93.9 Å². The smallest absolute Gasteiger partial charge is 0.259 e. The van der Waals surface area contributed by atoms with Crippen molar-refractivity contribution in [1.29, 1.82) is 5.26 Å². The van der Waals surface area contributed by atoms with Crippen LogP contribution in [0.25, 0.3) is 0 Å². The molecule has 0 aliphatic rings. The van der Waals surface area contributed by atoms with Crippen molar-refractivity contribution in [2.24, 2.45) is 0 Å². The van der Waals surface area contributed by atoms with Crippen LogP contribution in [0.15, 0.2) is 78.9 Å². The molecule has 0 aromatic heterocycles. The first-order chi connectivity index (χ1) is 25.3. The van der Waals surface area contributed by atoms with Crippen LogP contribution in [0, 0.1) is 11.3 Å². The number of hydrogen-bond acceptors (Lipinski definition) is 9. The maximum atomic E-state index is 8.93. The molecule has 0 bridgehead atoms. The summed E-state index contributed by atoms with van der Waals surface area (Å²) in [6, 6.07) is 29.8. The highest BCUT2D eigenvalue weighted by atomic mass is 33.1. The second-order valence-corrected chi connectivity index (χ2v) is 17.8. The SMILES string of the molecule is COc1ccc(C(OCCCCCCSSC(C)CCCCOP(OCCC#N)N(C(C)C)C(C)C)(c2ccccc2)c2ccc(OC)cc2)cc1. The topological polar surface area (TPSA) is 73.2 Å². The van der Waals surface area contributed by atoms with Gasteiger partial charge in [-0.15, -0.1) is 0 Å². The average Bonchev–Trinajstić information content (AvgIpc) is 3.15. The van der Waals surface area contributed by atoms with Crippen LogP contribution in [0.2, 0.25) is 0 Å². The molecule has 0 aliphatic heterocycles. The summed E-state index contributed by atoms with van der Waals surface area (Å²) in [5, 5.41) is 9.53.